The second-order valence-corrected chi connectivity index (χ2v) is 13.8. The molecule has 6 aromatic carbocycles. The van der Waals surface area contributed by atoms with Gasteiger partial charge in [-0.2, -0.15) is 0 Å². The molecule has 0 fully saturated rings. The van der Waals surface area contributed by atoms with E-state index >= 15 is 0 Å². The third-order valence-corrected chi connectivity index (χ3v) is 11.9. The summed E-state index contributed by atoms with van der Waals surface area (Å²) in [5.74, 6) is 1.66. The normalized spacial score (nSPS) is 10.9. The van der Waals surface area contributed by atoms with Gasteiger partial charge in [-0.15, -0.1) is 0 Å². The van der Waals surface area contributed by atoms with Crippen molar-refractivity contribution in [2.75, 3.05) is 0 Å². The first kappa shape index (κ1) is 30.1. The molecule has 0 saturated heterocycles. The van der Waals surface area contributed by atoms with Gasteiger partial charge >= 0.3 is 0 Å². The quantitative estimate of drug-likeness (QED) is 0.187. The highest BCUT2D eigenvalue weighted by molar-refractivity contribution is 7.95. The molecule has 0 radical (unpaired) electrons. The van der Waals surface area contributed by atoms with Gasteiger partial charge < -0.3 is 21.9 Å². The predicted molar refractivity (Wildman–Crippen MR) is 177 cm³/mol. The lowest BCUT2D eigenvalue weighted by atomic mass is 10.2. The van der Waals surface area contributed by atoms with Gasteiger partial charge in [0.1, 0.15) is 54.1 Å². The van der Waals surface area contributed by atoms with Crippen LogP contribution in [-0.2, 0) is 19.4 Å². The van der Waals surface area contributed by atoms with Crippen molar-refractivity contribution in [3.8, 4) is 11.5 Å². The topological polar surface area (TPSA) is 18.5 Å². The minimum absolute atomic E-state index is 0. The molecule has 6 rings (SSSR count). The summed E-state index contributed by atoms with van der Waals surface area (Å²) in [5.41, 5.74) is 3.44. The lowest BCUT2D eigenvalue weighted by Crippen LogP contribution is -3.00. The lowest BCUT2D eigenvalue weighted by Gasteiger charge is -2.28. The molecule has 0 heterocycles. The highest BCUT2D eigenvalue weighted by Gasteiger charge is 2.46. The molecule has 0 aliphatic carbocycles. The van der Waals surface area contributed by atoms with Crippen LogP contribution >= 0.6 is 7.26 Å². The summed E-state index contributed by atoms with van der Waals surface area (Å²) < 4.78 is 12.9. The van der Waals surface area contributed by atoms with Crippen molar-refractivity contribution in [1.29, 1.82) is 0 Å². The van der Waals surface area contributed by atoms with E-state index in [0.29, 0.717) is 13.2 Å². The number of hydrogen-bond acceptors (Lipinski definition) is 2. The van der Waals surface area contributed by atoms with Crippen LogP contribution in [0, 0.1) is 0 Å². The molecule has 6 aromatic rings. The second-order valence-electron chi connectivity index (χ2n) is 10.3. The van der Waals surface area contributed by atoms with Gasteiger partial charge in [0, 0.05) is 11.6 Å². The van der Waals surface area contributed by atoms with Crippen LogP contribution in [0.3, 0.4) is 0 Å². The molecule has 0 atom stereocenters. The van der Waals surface area contributed by atoms with E-state index in [1.54, 1.807) is 0 Å². The molecule has 0 aliphatic rings. The molecule has 43 heavy (non-hydrogen) atoms. The zero-order valence-electron chi connectivity index (χ0n) is 23.9. The zero-order chi connectivity index (χ0) is 28.5. The molecule has 0 spiro atoms. The van der Waals surface area contributed by atoms with Gasteiger partial charge in [0.15, 0.2) is 0 Å². The minimum atomic E-state index is -2.10. The number of rotatable bonds is 11. The fourth-order valence-corrected chi connectivity index (χ4v) is 9.65. The van der Waals surface area contributed by atoms with Crippen molar-refractivity contribution in [2.45, 2.75) is 19.4 Å². The third-order valence-electron chi connectivity index (χ3n) is 7.52. The third kappa shape index (κ3) is 7.17. The summed E-state index contributed by atoms with van der Waals surface area (Å²) in [5, 5.41) is 4.04. The smallest absolute Gasteiger partial charge is 0.130 e. The average molecular weight is 601 g/mol. The fourth-order valence-electron chi connectivity index (χ4n) is 5.39. The molecule has 0 aromatic heterocycles. The Kier molecular flexibility index (Phi) is 10.3. The summed E-state index contributed by atoms with van der Waals surface area (Å²) in [4.78, 5) is 0. The van der Waals surface area contributed by atoms with E-state index in [2.05, 4.69) is 146 Å². The Labute approximate surface area is 261 Å². The van der Waals surface area contributed by atoms with Crippen LogP contribution in [0.2, 0.25) is 0 Å². The van der Waals surface area contributed by atoms with E-state index < -0.39 is 7.26 Å². The molecule has 0 aliphatic heterocycles. The van der Waals surface area contributed by atoms with Crippen molar-refractivity contribution in [1.82, 2.24) is 0 Å². The molecule has 0 saturated carbocycles. The fraction of sp³-hybridized carbons (Fsp3) is 0.0769. The minimum Gasteiger partial charge on any atom is -1.00 e. The molecular formula is C39H34ClO2P. The summed E-state index contributed by atoms with van der Waals surface area (Å²) in [6, 6.07) is 59.9. The Morgan fingerprint density at radius 1 is 0.419 bits per heavy atom. The van der Waals surface area contributed by atoms with Crippen LogP contribution in [-0.4, -0.2) is 0 Å². The molecule has 0 bridgehead atoms. The number of ether oxygens (including phenoxy) is 2. The number of hydrogen-bond donors (Lipinski definition) is 0. The highest BCUT2D eigenvalue weighted by Crippen LogP contribution is 2.59. The summed E-state index contributed by atoms with van der Waals surface area (Å²) >= 11 is 0. The van der Waals surface area contributed by atoms with Crippen LogP contribution in [0.1, 0.15) is 16.7 Å². The number of halogens is 1. The molecule has 0 N–H and O–H groups in total. The Morgan fingerprint density at radius 2 is 0.814 bits per heavy atom. The van der Waals surface area contributed by atoms with Gasteiger partial charge in [-0.25, -0.2) is 0 Å². The Hall–Kier alpha value is -4.36. The number of benzene rings is 6. The standard InChI is InChI=1S/C39H34O2P.ClH/c1-6-16-32(17-7-1)29-40-35-27-26-34(39(28-35)41-30-33-18-8-2-9-19-33)31-42(36-20-10-3-11-21-36,37-22-12-4-13-23-37)38-24-14-5-15-25-38;/h1-28H,29-31H2;1H/q+1;/p-1. The van der Waals surface area contributed by atoms with E-state index in [9.17, 15) is 0 Å². The van der Waals surface area contributed by atoms with Gasteiger partial charge in [0.05, 0.1) is 0 Å². The van der Waals surface area contributed by atoms with Crippen molar-refractivity contribution < 1.29 is 21.9 Å². The van der Waals surface area contributed by atoms with Crippen molar-refractivity contribution in [2.24, 2.45) is 0 Å². The molecule has 0 amide bonds. The first-order chi connectivity index (χ1) is 20.8. The highest BCUT2D eigenvalue weighted by atomic mass is 35.5. The van der Waals surface area contributed by atoms with E-state index in [1.165, 1.54) is 21.5 Å². The lowest BCUT2D eigenvalue weighted by molar-refractivity contribution is -0.00000888. The SMILES string of the molecule is [Cl-].c1ccc(COc2ccc(C[P+](c3ccccc3)(c3ccccc3)c3ccccc3)c(OCc3ccccc3)c2)cc1. The van der Waals surface area contributed by atoms with E-state index in [4.69, 9.17) is 9.47 Å². The van der Waals surface area contributed by atoms with Crippen LogP contribution in [0.5, 0.6) is 11.5 Å². The predicted octanol–water partition coefficient (Wildman–Crippen LogP) is 5.34. The largest absolute Gasteiger partial charge is 1.00 e. The Morgan fingerprint density at radius 3 is 1.26 bits per heavy atom. The molecule has 0 unspecified atom stereocenters. The maximum Gasteiger partial charge on any atom is 0.130 e. The molecular weight excluding hydrogens is 567 g/mol. The van der Waals surface area contributed by atoms with Crippen LogP contribution in [0.25, 0.3) is 0 Å². The monoisotopic (exact) mass is 600 g/mol. The van der Waals surface area contributed by atoms with Crippen LogP contribution < -0.4 is 37.8 Å². The van der Waals surface area contributed by atoms with Crippen LogP contribution in [0.4, 0.5) is 0 Å². The van der Waals surface area contributed by atoms with Crippen molar-refractivity contribution >= 4 is 23.2 Å². The maximum atomic E-state index is 6.61. The average Bonchev–Trinajstić information content (AvgIpc) is 3.08. The van der Waals surface area contributed by atoms with Gasteiger partial charge in [0.25, 0.3) is 0 Å². The van der Waals surface area contributed by atoms with Gasteiger partial charge in [0.2, 0.25) is 0 Å². The van der Waals surface area contributed by atoms with Crippen molar-refractivity contribution in [3.05, 3.63) is 187 Å². The molecule has 4 heteroatoms. The second kappa shape index (κ2) is 14.7. The summed E-state index contributed by atoms with van der Waals surface area (Å²) in [6.07, 6.45) is 0.828. The van der Waals surface area contributed by atoms with E-state index in [-0.39, 0.29) is 12.4 Å². The molecule has 2 nitrogen and oxygen atoms in total. The van der Waals surface area contributed by atoms with Gasteiger partial charge in [-0.1, -0.05) is 115 Å². The first-order valence-electron chi connectivity index (χ1n) is 14.3. The van der Waals surface area contributed by atoms with Crippen LogP contribution in [0.15, 0.2) is 170 Å². The van der Waals surface area contributed by atoms with E-state index in [1.807, 2.05) is 24.3 Å². The summed E-state index contributed by atoms with van der Waals surface area (Å²) in [7, 11) is -2.10. The molecule has 214 valence electrons. The van der Waals surface area contributed by atoms with Gasteiger partial charge in [-0.05, 0) is 59.7 Å². The van der Waals surface area contributed by atoms with Gasteiger partial charge in [-0.3, -0.25) is 0 Å². The van der Waals surface area contributed by atoms with Crippen molar-refractivity contribution in [3.63, 3.8) is 0 Å². The van der Waals surface area contributed by atoms with E-state index in [0.717, 1.165) is 28.8 Å². The zero-order valence-corrected chi connectivity index (χ0v) is 25.6. The first-order valence-corrected chi connectivity index (χ1v) is 16.3. The Balaban J connectivity index is 0.00000368. The Bertz CT molecular complexity index is 1580. The summed E-state index contributed by atoms with van der Waals surface area (Å²) in [6.45, 7) is 0.997. The maximum absolute atomic E-state index is 6.61.